The van der Waals surface area contributed by atoms with Crippen LogP contribution in [0.4, 0.5) is 10.1 Å². The van der Waals surface area contributed by atoms with E-state index in [2.05, 4.69) is 21.2 Å². The van der Waals surface area contributed by atoms with Crippen LogP contribution in [0, 0.1) is 12.7 Å². The molecule has 0 bridgehead atoms. The van der Waals surface area contributed by atoms with Crippen LogP contribution in [0.3, 0.4) is 0 Å². The molecule has 0 fully saturated rings. The van der Waals surface area contributed by atoms with E-state index in [1.807, 2.05) is 0 Å². The molecular formula is C16H16BrFN2O3S. The Bertz CT molecular complexity index is 878. The van der Waals surface area contributed by atoms with Gasteiger partial charge in [-0.25, -0.2) is 17.1 Å². The normalized spacial score (nSPS) is 11.6. The van der Waals surface area contributed by atoms with E-state index in [9.17, 15) is 17.6 Å². The van der Waals surface area contributed by atoms with E-state index in [1.165, 1.54) is 32.3 Å². The molecule has 1 N–H and O–H groups in total. The van der Waals surface area contributed by atoms with Gasteiger partial charge in [-0.2, -0.15) is 0 Å². The molecule has 0 heterocycles. The first-order chi connectivity index (χ1) is 11.1. The molecule has 2 aromatic carbocycles. The van der Waals surface area contributed by atoms with E-state index < -0.39 is 21.7 Å². The Morgan fingerprint density at radius 3 is 2.42 bits per heavy atom. The molecule has 0 radical (unpaired) electrons. The average Bonchev–Trinajstić information content (AvgIpc) is 2.47. The minimum absolute atomic E-state index is 0.103. The van der Waals surface area contributed by atoms with Gasteiger partial charge in [0.1, 0.15) is 5.82 Å². The quantitative estimate of drug-likeness (QED) is 0.833. The van der Waals surface area contributed by atoms with Gasteiger partial charge in [-0.15, -0.1) is 0 Å². The van der Waals surface area contributed by atoms with Crippen LogP contribution in [0.15, 0.2) is 45.8 Å². The molecule has 2 aromatic rings. The van der Waals surface area contributed by atoms with Crippen molar-refractivity contribution in [1.82, 2.24) is 4.31 Å². The van der Waals surface area contributed by atoms with E-state index in [4.69, 9.17) is 0 Å². The van der Waals surface area contributed by atoms with Crippen LogP contribution >= 0.6 is 15.9 Å². The molecule has 1 amide bonds. The molecule has 0 aromatic heterocycles. The highest BCUT2D eigenvalue weighted by Crippen LogP contribution is 2.23. The van der Waals surface area contributed by atoms with Gasteiger partial charge >= 0.3 is 0 Å². The summed E-state index contributed by atoms with van der Waals surface area (Å²) in [6, 6.07) is 8.40. The molecule has 24 heavy (non-hydrogen) atoms. The first-order valence-corrected chi connectivity index (χ1v) is 9.15. The molecule has 0 saturated carbocycles. The molecule has 0 aliphatic heterocycles. The molecule has 5 nitrogen and oxygen atoms in total. The van der Waals surface area contributed by atoms with Crippen LogP contribution in [-0.4, -0.2) is 32.7 Å². The van der Waals surface area contributed by atoms with E-state index in [0.29, 0.717) is 15.7 Å². The minimum atomic E-state index is -3.63. The van der Waals surface area contributed by atoms with Crippen molar-refractivity contribution in [3.63, 3.8) is 0 Å². The summed E-state index contributed by atoms with van der Waals surface area (Å²) in [6.45, 7) is 1.67. The van der Waals surface area contributed by atoms with Crippen LogP contribution in [0.25, 0.3) is 0 Å². The Balaban J connectivity index is 2.36. The van der Waals surface area contributed by atoms with Crippen LogP contribution in [0.2, 0.25) is 0 Å². The molecule has 0 aliphatic rings. The largest absolute Gasteiger partial charge is 0.322 e. The van der Waals surface area contributed by atoms with Gasteiger partial charge in [-0.3, -0.25) is 4.79 Å². The molecule has 8 heteroatoms. The van der Waals surface area contributed by atoms with Crippen molar-refractivity contribution < 1.29 is 17.6 Å². The Labute approximate surface area is 148 Å². The fourth-order valence-electron chi connectivity index (χ4n) is 2.04. The summed E-state index contributed by atoms with van der Waals surface area (Å²) in [7, 11) is -0.760. The van der Waals surface area contributed by atoms with Crippen molar-refractivity contribution in [2.24, 2.45) is 0 Å². The van der Waals surface area contributed by atoms with Gasteiger partial charge in [0.25, 0.3) is 5.91 Å². The first-order valence-electron chi connectivity index (χ1n) is 6.92. The number of hydrogen-bond acceptors (Lipinski definition) is 3. The highest BCUT2D eigenvalue weighted by atomic mass is 79.9. The van der Waals surface area contributed by atoms with Crippen LogP contribution in [0.5, 0.6) is 0 Å². The molecule has 2 rings (SSSR count). The molecular weight excluding hydrogens is 399 g/mol. The number of carbonyl (C=O) groups is 1. The summed E-state index contributed by atoms with van der Waals surface area (Å²) in [5, 5.41) is 2.58. The van der Waals surface area contributed by atoms with Crippen LogP contribution in [0.1, 0.15) is 15.9 Å². The number of nitrogens with one attached hydrogen (secondary N) is 1. The zero-order valence-corrected chi connectivity index (χ0v) is 15.7. The molecule has 0 saturated heterocycles. The Morgan fingerprint density at radius 1 is 1.17 bits per heavy atom. The van der Waals surface area contributed by atoms with E-state index in [1.54, 1.807) is 19.1 Å². The van der Waals surface area contributed by atoms with Crippen LogP contribution < -0.4 is 5.32 Å². The summed E-state index contributed by atoms with van der Waals surface area (Å²) < 4.78 is 39.5. The Kier molecular flexibility index (Phi) is 5.42. The molecule has 128 valence electrons. The number of nitrogens with zero attached hydrogens (tertiary/aromatic N) is 1. The zero-order chi connectivity index (χ0) is 18.1. The summed E-state index contributed by atoms with van der Waals surface area (Å²) in [5.41, 5.74) is 1.00. The van der Waals surface area contributed by atoms with E-state index in [-0.39, 0.29) is 10.5 Å². The number of hydrogen-bond donors (Lipinski definition) is 1. The van der Waals surface area contributed by atoms with E-state index >= 15 is 0 Å². The van der Waals surface area contributed by atoms with Gasteiger partial charge in [0.2, 0.25) is 10.0 Å². The summed E-state index contributed by atoms with van der Waals surface area (Å²) in [6.07, 6.45) is 0. The number of aryl methyl sites for hydroxylation is 1. The summed E-state index contributed by atoms with van der Waals surface area (Å²) in [5.74, 6) is -1.08. The van der Waals surface area contributed by atoms with E-state index in [0.717, 1.165) is 10.4 Å². The number of sulfonamides is 1. The van der Waals surface area contributed by atoms with Crippen molar-refractivity contribution in [3.8, 4) is 0 Å². The third-order valence-electron chi connectivity index (χ3n) is 3.33. The minimum Gasteiger partial charge on any atom is -0.322 e. The molecule has 0 unspecified atom stereocenters. The second kappa shape index (κ2) is 7.00. The standard InChI is InChI=1S/C16H16BrFN2O3S/c1-10-4-5-14(9-15(10)24(22,23)20(2)3)19-16(21)11-6-12(17)8-13(18)7-11/h4-9H,1-3H3,(H,19,21). The Hall–Kier alpha value is -1.77. The maximum atomic E-state index is 13.4. The zero-order valence-electron chi connectivity index (χ0n) is 13.3. The first kappa shape index (κ1) is 18.6. The van der Waals surface area contributed by atoms with Crippen molar-refractivity contribution in [2.75, 3.05) is 19.4 Å². The SMILES string of the molecule is Cc1ccc(NC(=O)c2cc(F)cc(Br)c2)cc1S(=O)(=O)N(C)C. The fourth-order valence-corrected chi connectivity index (χ4v) is 3.65. The second-order valence-electron chi connectivity index (χ2n) is 5.38. The highest BCUT2D eigenvalue weighted by Gasteiger charge is 2.20. The predicted octanol–water partition coefficient (Wildman–Crippen LogP) is 3.40. The number of rotatable bonds is 4. The number of benzene rings is 2. The third kappa shape index (κ3) is 4.00. The lowest BCUT2D eigenvalue weighted by Crippen LogP contribution is -2.23. The smallest absolute Gasteiger partial charge is 0.255 e. The fraction of sp³-hybridized carbons (Fsp3) is 0.188. The predicted molar refractivity (Wildman–Crippen MR) is 94.1 cm³/mol. The second-order valence-corrected chi connectivity index (χ2v) is 8.42. The van der Waals surface area contributed by atoms with Crippen molar-refractivity contribution >= 4 is 37.5 Å². The highest BCUT2D eigenvalue weighted by molar-refractivity contribution is 9.10. The maximum absolute atomic E-state index is 13.4. The lowest BCUT2D eigenvalue weighted by Gasteiger charge is -2.15. The lowest BCUT2D eigenvalue weighted by atomic mass is 10.2. The van der Waals surface area contributed by atoms with Crippen molar-refractivity contribution in [2.45, 2.75) is 11.8 Å². The van der Waals surface area contributed by atoms with Crippen molar-refractivity contribution in [3.05, 3.63) is 57.8 Å². The number of carbonyl (C=O) groups excluding carboxylic acids is 1. The van der Waals surface area contributed by atoms with Gasteiger partial charge < -0.3 is 5.32 Å². The monoisotopic (exact) mass is 414 g/mol. The van der Waals surface area contributed by atoms with Gasteiger partial charge in [-0.05, 0) is 42.8 Å². The Morgan fingerprint density at radius 2 is 1.83 bits per heavy atom. The topological polar surface area (TPSA) is 66.5 Å². The third-order valence-corrected chi connectivity index (χ3v) is 5.74. The number of amides is 1. The maximum Gasteiger partial charge on any atom is 0.255 e. The number of halogens is 2. The molecule has 0 spiro atoms. The summed E-state index contributed by atoms with van der Waals surface area (Å²) in [4.78, 5) is 12.3. The summed E-state index contributed by atoms with van der Waals surface area (Å²) >= 11 is 3.13. The van der Waals surface area contributed by atoms with Gasteiger partial charge in [-0.1, -0.05) is 22.0 Å². The van der Waals surface area contributed by atoms with Gasteiger partial charge in [0.05, 0.1) is 4.90 Å². The van der Waals surface area contributed by atoms with Gasteiger partial charge in [0.15, 0.2) is 0 Å². The lowest BCUT2D eigenvalue weighted by molar-refractivity contribution is 0.102. The van der Waals surface area contributed by atoms with Crippen LogP contribution in [-0.2, 0) is 10.0 Å². The number of anilines is 1. The molecule has 0 atom stereocenters. The van der Waals surface area contributed by atoms with Gasteiger partial charge in [0, 0.05) is 29.8 Å². The average molecular weight is 415 g/mol. The van der Waals surface area contributed by atoms with Crippen molar-refractivity contribution in [1.29, 1.82) is 0 Å². The molecule has 0 aliphatic carbocycles.